The van der Waals surface area contributed by atoms with Gasteiger partial charge >= 0.3 is 0 Å². The number of rotatable bonds is 6. The van der Waals surface area contributed by atoms with E-state index in [0.717, 1.165) is 19.3 Å². The number of fused-ring (bicyclic) bond motifs is 3. The zero-order valence-electron chi connectivity index (χ0n) is 18.5. The van der Waals surface area contributed by atoms with Crippen LogP contribution in [0, 0.1) is 6.07 Å². The first-order valence-electron chi connectivity index (χ1n) is 11.6. The Labute approximate surface area is 186 Å². The summed E-state index contributed by atoms with van der Waals surface area (Å²) in [6, 6.07) is 33.2. The molecule has 4 aromatic carbocycles. The Balaban J connectivity index is 1.41. The summed E-state index contributed by atoms with van der Waals surface area (Å²) in [6.07, 6.45) is 5.64. The normalized spacial score (nSPS) is 11.9. The second-order valence-electron chi connectivity index (χ2n) is 8.71. The van der Waals surface area contributed by atoms with Crippen LogP contribution in [-0.4, -0.2) is 0 Å². The molecule has 0 aliphatic heterocycles. The van der Waals surface area contributed by atoms with E-state index in [1.54, 1.807) is 0 Å². The van der Waals surface area contributed by atoms with E-state index < -0.39 is 0 Å². The second kappa shape index (κ2) is 8.55. The Morgan fingerprint density at radius 2 is 1.19 bits per heavy atom. The smallest absolute Gasteiger partial charge is 0.000684 e. The van der Waals surface area contributed by atoms with Gasteiger partial charge < -0.3 is 0 Å². The Bertz CT molecular complexity index is 1100. The molecule has 0 saturated carbocycles. The van der Waals surface area contributed by atoms with Crippen LogP contribution in [0.15, 0.2) is 78.9 Å². The minimum absolute atomic E-state index is 0.966. The summed E-state index contributed by atoms with van der Waals surface area (Å²) < 4.78 is 0. The van der Waals surface area contributed by atoms with Gasteiger partial charge in [0.1, 0.15) is 0 Å². The summed E-state index contributed by atoms with van der Waals surface area (Å²) in [5, 5.41) is 0. The van der Waals surface area contributed by atoms with Crippen molar-refractivity contribution in [1.82, 2.24) is 0 Å². The monoisotopic (exact) mass is 401 g/mol. The van der Waals surface area contributed by atoms with Crippen molar-refractivity contribution in [3.63, 3.8) is 0 Å². The van der Waals surface area contributed by atoms with Gasteiger partial charge in [-0.25, -0.2) is 0 Å². The fraction of sp³-hybridized carbons (Fsp3) is 0.226. The molecule has 0 fully saturated rings. The van der Waals surface area contributed by atoms with Crippen LogP contribution in [0.3, 0.4) is 0 Å². The molecule has 1 aliphatic carbocycles. The van der Waals surface area contributed by atoms with Gasteiger partial charge in [0, 0.05) is 0 Å². The number of hydrogen-bond acceptors (Lipinski definition) is 0. The Kier molecular flexibility index (Phi) is 5.47. The van der Waals surface area contributed by atoms with E-state index >= 15 is 0 Å². The van der Waals surface area contributed by atoms with Gasteiger partial charge in [-0.15, -0.1) is 0 Å². The SMILES string of the molecule is CCCc1ccc(-c2[c]c3c(cc2)-c2ccc(-c4ccc(CCC)cc4)cc2C3)cc1. The van der Waals surface area contributed by atoms with Crippen molar-refractivity contribution in [2.75, 3.05) is 0 Å². The van der Waals surface area contributed by atoms with Crippen molar-refractivity contribution >= 4 is 0 Å². The lowest BCUT2D eigenvalue weighted by atomic mass is 9.97. The van der Waals surface area contributed by atoms with Gasteiger partial charge in [-0.1, -0.05) is 106 Å². The Hall–Kier alpha value is -3.12. The molecule has 1 aliphatic rings. The van der Waals surface area contributed by atoms with Gasteiger partial charge in [0.05, 0.1) is 0 Å². The molecule has 0 saturated heterocycles. The fourth-order valence-electron chi connectivity index (χ4n) is 4.76. The lowest BCUT2D eigenvalue weighted by Crippen LogP contribution is -1.87. The third kappa shape index (κ3) is 3.95. The highest BCUT2D eigenvalue weighted by Crippen LogP contribution is 2.40. The summed E-state index contributed by atoms with van der Waals surface area (Å²) in [6.45, 7) is 4.46. The van der Waals surface area contributed by atoms with Gasteiger partial charge in [-0.05, 0) is 81.0 Å². The van der Waals surface area contributed by atoms with Crippen molar-refractivity contribution in [2.45, 2.75) is 46.0 Å². The molecule has 0 spiro atoms. The van der Waals surface area contributed by atoms with E-state index in [0.29, 0.717) is 0 Å². The van der Waals surface area contributed by atoms with E-state index in [1.165, 1.54) is 68.5 Å². The van der Waals surface area contributed by atoms with Crippen LogP contribution < -0.4 is 0 Å². The standard InChI is InChI=1S/C31H29/c1-3-5-22-7-11-24(12-8-22)26-15-17-30-28(19-26)21-29-20-27(16-18-31(29)30)25-13-9-23(6-4-2)10-14-25/h7-19H,3-6,21H2,1-2H3. The fourth-order valence-corrected chi connectivity index (χ4v) is 4.76. The quantitative estimate of drug-likeness (QED) is 0.268. The van der Waals surface area contributed by atoms with Crippen molar-refractivity contribution in [3.8, 4) is 33.4 Å². The number of aryl methyl sites for hydroxylation is 2. The largest absolute Gasteiger partial charge is 0.0651 e. The number of benzene rings is 4. The molecule has 4 aromatic rings. The average molecular weight is 402 g/mol. The van der Waals surface area contributed by atoms with Crippen molar-refractivity contribution in [3.05, 3.63) is 107 Å². The van der Waals surface area contributed by atoms with Crippen LogP contribution >= 0.6 is 0 Å². The van der Waals surface area contributed by atoms with Gasteiger partial charge in [0.25, 0.3) is 0 Å². The maximum absolute atomic E-state index is 3.72. The third-order valence-electron chi connectivity index (χ3n) is 6.42. The molecule has 0 heterocycles. The van der Waals surface area contributed by atoms with Crippen LogP contribution in [-0.2, 0) is 19.3 Å². The molecular weight excluding hydrogens is 372 g/mol. The second-order valence-corrected chi connectivity index (χ2v) is 8.71. The first kappa shape index (κ1) is 19.8. The van der Waals surface area contributed by atoms with Crippen LogP contribution in [0.5, 0.6) is 0 Å². The zero-order chi connectivity index (χ0) is 21.2. The molecule has 0 N–H and O–H groups in total. The molecule has 0 bridgehead atoms. The zero-order valence-corrected chi connectivity index (χ0v) is 18.5. The Morgan fingerprint density at radius 1 is 0.613 bits per heavy atom. The van der Waals surface area contributed by atoms with E-state index in [4.69, 9.17) is 0 Å². The molecule has 0 aromatic heterocycles. The molecule has 1 radical (unpaired) electrons. The van der Waals surface area contributed by atoms with E-state index in [-0.39, 0.29) is 0 Å². The lowest BCUT2D eigenvalue weighted by Gasteiger charge is -2.08. The maximum atomic E-state index is 3.72. The van der Waals surface area contributed by atoms with E-state index in [1.807, 2.05) is 0 Å². The molecule has 31 heavy (non-hydrogen) atoms. The topological polar surface area (TPSA) is 0 Å². The minimum atomic E-state index is 0.966. The summed E-state index contributed by atoms with van der Waals surface area (Å²) in [4.78, 5) is 0. The Morgan fingerprint density at radius 3 is 1.84 bits per heavy atom. The predicted octanol–water partition coefficient (Wildman–Crippen LogP) is 8.30. The van der Waals surface area contributed by atoms with Crippen LogP contribution in [0.4, 0.5) is 0 Å². The molecule has 0 heteroatoms. The molecule has 0 atom stereocenters. The molecular formula is C31H29. The average Bonchev–Trinajstić information content (AvgIpc) is 3.17. The van der Waals surface area contributed by atoms with Crippen LogP contribution in [0.2, 0.25) is 0 Å². The first-order chi connectivity index (χ1) is 15.2. The highest BCUT2D eigenvalue weighted by atomic mass is 14.2. The lowest BCUT2D eigenvalue weighted by molar-refractivity contribution is 0.922. The van der Waals surface area contributed by atoms with Gasteiger partial charge in [0.15, 0.2) is 0 Å². The summed E-state index contributed by atoms with van der Waals surface area (Å²) >= 11 is 0. The first-order valence-corrected chi connectivity index (χ1v) is 11.6. The summed E-state index contributed by atoms with van der Waals surface area (Å²) in [5.41, 5.74) is 13.3. The molecule has 153 valence electrons. The van der Waals surface area contributed by atoms with Crippen molar-refractivity contribution in [2.24, 2.45) is 0 Å². The maximum Gasteiger partial charge on any atom is -0.000684 e. The molecule has 5 rings (SSSR count). The van der Waals surface area contributed by atoms with Crippen LogP contribution in [0.25, 0.3) is 33.4 Å². The third-order valence-corrected chi connectivity index (χ3v) is 6.42. The molecule has 0 nitrogen and oxygen atoms in total. The van der Waals surface area contributed by atoms with Gasteiger partial charge in [0.2, 0.25) is 0 Å². The van der Waals surface area contributed by atoms with Crippen molar-refractivity contribution < 1.29 is 0 Å². The minimum Gasteiger partial charge on any atom is -0.0651 e. The summed E-state index contributed by atoms with van der Waals surface area (Å²) in [5.74, 6) is 0. The van der Waals surface area contributed by atoms with E-state index in [9.17, 15) is 0 Å². The highest BCUT2D eigenvalue weighted by molar-refractivity contribution is 5.82. The summed E-state index contributed by atoms with van der Waals surface area (Å²) in [7, 11) is 0. The van der Waals surface area contributed by atoms with Gasteiger partial charge in [-0.2, -0.15) is 0 Å². The van der Waals surface area contributed by atoms with Crippen molar-refractivity contribution in [1.29, 1.82) is 0 Å². The number of hydrogen-bond donors (Lipinski definition) is 0. The highest BCUT2D eigenvalue weighted by Gasteiger charge is 2.20. The van der Waals surface area contributed by atoms with Gasteiger partial charge in [-0.3, -0.25) is 0 Å². The molecule has 0 unspecified atom stereocenters. The molecule has 0 amide bonds. The van der Waals surface area contributed by atoms with Crippen LogP contribution in [0.1, 0.15) is 48.9 Å². The predicted molar refractivity (Wildman–Crippen MR) is 132 cm³/mol. The van der Waals surface area contributed by atoms with E-state index in [2.05, 4.69) is 98.8 Å².